The molecule has 7 nitrogen and oxygen atoms in total. The maximum atomic E-state index is 13.7. The molecule has 1 saturated carbocycles. The van der Waals surface area contributed by atoms with Gasteiger partial charge < -0.3 is 19.6 Å². The number of benzene rings is 2. The van der Waals surface area contributed by atoms with Crippen molar-refractivity contribution in [3.63, 3.8) is 0 Å². The first-order chi connectivity index (χ1) is 15.7. The van der Waals surface area contributed by atoms with Gasteiger partial charge in [-0.05, 0) is 66.6 Å². The van der Waals surface area contributed by atoms with Crippen molar-refractivity contribution in [2.75, 3.05) is 0 Å². The lowest BCUT2D eigenvalue weighted by Gasteiger charge is -2.20. The van der Waals surface area contributed by atoms with Crippen LogP contribution in [0, 0.1) is 18.7 Å². The van der Waals surface area contributed by atoms with E-state index in [1.807, 2.05) is 6.07 Å². The molecule has 1 aliphatic rings. The van der Waals surface area contributed by atoms with Gasteiger partial charge in [-0.2, -0.15) is 0 Å². The largest absolute Gasteiger partial charge is 0.463 e. The summed E-state index contributed by atoms with van der Waals surface area (Å²) in [6.07, 6.45) is 4.22. The van der Waals surface area contributed by atoms with Crippen LogP contribution in [0.15, 0.2) is 58.3 Å². The number of rotatable bonds is 6. The highest BCUT2D eigenvalue weighted by Gasteiger charge is 2.34. The van der Waals surface area contributed by atoms with E-state index in [0.29, 0.717) is 23.6 Å². The Morgan fingerprint density at radius 1 is 1.24 bits per heavy atom. The zero-order chi connectivity index (χ0) is 23.7. The Bertz CT molecular complexity index is 1290. The van der Waals surface area contributed by atoms with Crippen LogP contribution in [0.2, 0.25) is 0 Å². The molecule has 0 spiro atoms. The second-order valence-corrected chi connectivity index (χ2v) is 9.29. The number of carbonyl (C=O) groups is 2. The molecule has 1 atom stereocenters. The molecule has 9 heteroatoms. The predicted molar refractivity (Wildman–Crippen MR) is 124 cm³/mol. The highest BCUT2D eigenvalue weighted by atomic mass is 79.9. The van der Waals surface area contributed by atoms with Crippen molar-refractivity contribution in [1.82, 2.24) is 14.5 Å². The van der Waals surface area contributed by atoms with Crippen LogP contribution >= 0.6 is 15.9 Å². The third-order valence-corrected chi connectivity index (χ3v) is 6.19. The minimum absolute atomic E-state index is 0.177. The summed E-state index contributed by atoms with van der Waals surface area (Å²) < 4.78 is 17.8. The van der Waals surface area contributed by atoms with E-state index in [-0.39, 0.29) is 23.4 Å². The van der Waals surface area contributed by atoms with E-state index in [1.165, 1.54) is 6.07 Å². The van der Waals surface area contributed by atoms with Crippen LogP contribution in [0.4, 0.5) is 9.18 Å². The molecular weight excluding hydrogens is 491 g/mol. The Labute approximate surface area is 198 Å². The summed E-state index contributed by atoms with van der Waals surface area (Å²) in [6.45, 7) is 2.06. The van der Waals surface area contributed by atoms with E-state index < -0.39 is 6.09 Å². The number of aryl methyl sites for hydroxylation is 2. The van der Waals surface area contributed by atoms with Gasteiger partial charge >= 0.3 is 6.09 Å². The minimum atomic E-state index is -1.28. The molecule has 0 bridgehead atoms. The highest BCUT2D eigenvalue weighted by molar-refractivity contribution is 9.10. The van der Waals surface area contributed by atoms with Gasteiger partial charge in [0, 0.05) is 29.5 Å². The molecule has 1 aliphatic carbocycles. The molecule has 172 valence electrons. The van der Waals surface area contributed by atoms with Crippen LogP contribution in [-0.4, -0.2) is 26.2 Å². The first-order valence-electron chi connectivity index (χ1n) is 10.6. The maximum Gasteiger partial charge on any atom is 0.434 e. The molecule has 1 heterocycles. The fraction of sp³-hybridized carbons (Fsp3) is 0.292. The standard InChI is InChI=1S/C24H24BrFN4O3/c1-14-9-17(5-6-20(14)26)21(16-3-4-16)27-22(31)18-10-15(11-19(25)12-18)13-30-8-7-29(2)23(30)28-24(32)33/h5-12,16,21H,3-4,13H2,1-2H3,(H,27,31)(H,32,33)/t21-/m0/s1. The number of amides is 2. The Morgan fingerprint density at radius 2 is 2.00 bits per heavy atom. The van der Waals surface area contributed by atoms with E-state index in [2.05, 4.69) is 26.2 Å². The summed E-state index contributed by atoms with van der Waals surface area (Å²) in [5.74, 6) is -0.140. The minimum Gasteiger partial charge on any atom is -0.463 e. The monoisotopic (exact) mass is 514 g/mol. The number of imidazole rings is 1. The third kappa shape index (κ3) is 5.42. The Balaban J connectivity index is 1.59. The van der Waals surface area contributed by atoms with Gasteiger partial charge in [-0.3, -0.25) is 4.79 Å². The fourth-order valence-corrected chi connectivity index (χ4v) is 4.47. The summed E-state index contributed by atoms with van der Waals surface area (Å²) in [7, 11) is 1.72. The molecular formula is C24H24BrFN4O3. The topological polar surface area (TPSA) is 88.6 Å². The fourth-order valence-electron chi connectivity index (χ4n) is 3.93. The van der Waals surface area contributed by atoms with Crippen molar-refractivity contribution in [1.29, 1.82) is 0 Å². The van der Waals surface area contributed by atoms with Gasteiger partial charge in [-0.1, -0.05) is 28.1 Å². The summed E-state index contributed by atoms with van der Waals surface area (Å²) in [4.78, 5) is 27.9. The second kappa shape index (κ2) is 9.35. The van der Waals surface area contributed by atoms with Gasteiger partial charge in [-0.15, -0.1) is 4.99 Å². The van der Waals surface area contributed by atoms with Crippen LogP contribution < -0.4 is 10.9 Å². The van der Waals surface area contributed by atoms with E-state index in [0.717, 1.165) is 28.4 Å². The van der Waals surface area contributed by atoms with Gasteiger partial charge in [0.25, 0.3) is 5.91 Å². The first-order valence-corrected chi connectivity index (χ1v) is 11.4. The van der Waals surface area contributed by atoms with Crippen molar-refractivity contribution in [3.8, 4) is 0 Å². The van der Waals surface area contributed by atoms with Gasteiger partial charge in [0.15, 0.2) is 0 Å². The van der Waals surface area contributed by atoms with Crippen molar-refractivity contribution in [3.05, 3.63) is 87.0 Å². The van der Waals surface area contributed by atoms with Crippen molar-refractivity contribution in [2.45, 2.75) is 32.4 Å². The molecule has 3 aromatic rings. The smallest absolute Gasteiger partial charge is 0.434 e. The number of hydrogen-bond donors (Lipinski definition) is 2. The summed E-state index contributed by atoms with van der Waals surface area (Å²) >= 11 is 3.47. The van der Waals surface area contributed by atoms with E-state index >= 15 is 0 Å². The zero-order valence-corrected chi connectivity index (χ0v) is 19.8. The lowest BCUT2D eigenvalue weighted by Crippen LogP contribution is -2.30. The van der Waals surface area contributed by atoms with Crippen molar-refractivity contribution in [2.24, 2.45) is 18.0 Å². The van der Waals surface area contributed by atoms with Crippen LogP contribution in [0.25, 0.3) is 0 Å². The van der Waals surface area contributed by atoms with Gasteiger partial charge in [0.2, 0.25) is 5.62 Å². The lowest BCUT2D eigenvalue weighted by atomic mass is 9.99. The molecule has 1 fully saturated rings. The number of carboxylic acid groups (broad SMARTS) is 1. The normalized spacial score (nSPS) is 14.8. The first kappa shape index (κ1) is 23.0. The molecule has 2 N–H and O–H groups in total. The SMILES string of the molecule is Cc1cc([C@@H](NC(=O)c2cc(Br)cc(Cn3ccn(C)c3=NC(=O)O)c2)C2CC2)ccc1F. The van der Waals surface area contributed by atoms with Crippen LogP contribution in [0.5, 0.6) is 0 Å². The quantitative estimate of drug-likeness (QED) is 0.505. The van der Waals surface area contributed by atoms with Gasteiger partial charge in [-0.25, -0.2) is 9.18 Å². The molecule has 1 aromatic heterocycles. The average molecular weight is 515 g/mol. The molecule has 0 aliphatic heterocycles. The van der Waals surface area contributed by atoms with Crippen LogP contribution in [0.3, 0.4) is 0 Å². The van der Waals surface area contributed by atoms with Crippen molar-refractivity contribution < 1.29 is 19.1 Å². The van der Waals surface area contributed by atoms with E-state index in [4.69, 9.17) is 5.11 Å². The number of nitrogens with zero attached hydrogens (tertiary/aromatic N) is 3. The summed E-state index contributed by atoms with van der Waals surface area (Å²) in [5, 5.41) is 12.2. The number of nitrogens with one attached hydrogen (secondary N) is 1. The van der Waals surface area contributed by atoms with Crippen LogP contribution in [-0.2, 0) is 13.6 Å². The predicted octanol–water partition coefficient (Wildman–Crippen LogP) is 4.54. The maximum absolute atomic E-state index is 13.7. The third-order valence-electron chi connectivity index (χ3n) is 5.73. The summed E-state index contributed by atoms with van der Waals surface area (Å²) in [6, 6.07) is 10.2. The van der Waals surface area contributed by atoms with E-state index in [1.54, 1.807) is 59.8 Å². The second-order valence-electron chi connectivity index (χ2n) is 8.38. The molecule has 33 heavy (non-hydrogen) atoms. The molecule has 0 unspecified atom stereocenters. The van der Waals surface area contributed by atoms with Gasteiger partial charge in [0.05, 0.1) is 12.6 Å². The number of hydrogen-bond acceptors (Lipinski definition) is 2. The molecule has 2 amide bonds. The molecule has 2 aromatic carbocycles. The average Bonchev–Trinajstić information content (AvgIpc) is 3.54. The molecule has 0 radical (unpaired) electrons. The Morgan fingerprint density at radius 3 is 2.67 bits per heavy atom. The van der Waals surface area contributed by atoms with Crippen molar-refractivity contribution >= 4 is 27.9 Å². The molecule has 4 rings (SSSR count). The highest BCUT2D eigenvalue weighted by Crippen LogP contribution is 2.41. The zero-order valence-electron chi connectivity index (χ0n) is 18.3. The van der Waals surface area contributed by atoms with E-state index in [9.17, 15) is 14.0 Å². The number of halogens is 2. The lowest BCUT2D eigenvalue weighted by molar-refractivity contribution is 0.0931. The number of carbonyl (C=O) groups excluding carboxylic acids is 1. The Kier molecular flexibility index (Phi) is 6.51. The summed E-state index contributed by atoms with van der Waals surface area (Å²) in [5.41, 5.74) is 3.04. The Hall–Kier alpha value is -3.20. The number of aromatic nitrogens is 2. The molecule has 0 saturated heterocycles. The van der Waals surface area contributed by atoms with Gasteiger partial charge in [0.1, 0.15) is 5.82 Å². The van der Waals surface area contributed by atoms with Crippen LogP contribution in [0.1, 0.15) is 45.9 Å².